The number of phenols is 2. The molecular weight excluding hydrogens is 1090 g/mol. The van der Waals surface area contributed by atoms with Crippen LogP contribution in [0.2, 0.25) is 0 Å². The number of aromatic hydroxyl groups is 2. The molecule has 0 spiro atoms. The Morgan fingerprint density at radius 1 is 0.292 bits per heavy atom. The first kappa shape index (κ1) is 56.3. The van der Waals surface area contributed by atoms with Crippen LogP contribution in [0.15, 0.2) is 243 Å². The molecule has 0 fully saturated rings. The lowest BCUT2D eigenvalue weighted by Crippen LogP contribution is -2.23. The van der Waals surface area contributed by atoms with Gasteiger partial charge >= 0.3 is 0 Å². The van der Waals surface area contributed by atoms with E-state index in [-0.39, 0.29) is 23.7 Å². The van der Waals surface area contributed by atoms with E-state index in [2.05, 4.69) is 247 Å². The van der Waals surface area contributed by atoms with Gasteiger partial charge in [-0.3, -0.25) is 0 Å². The fourth-order valence-corrected chi connectivity index (χ4v) is 13.1. The summed E-state index contributed by atoms with van der Waals surface area (Å²) in [6, 6.07) is 85.6. The first-order chi connectivity index (χ1) is 43.2. The quantitative estimate of drug-likeness (QED) is 0.114. The fourth-order valence-electron chi connectivity index (χ4n) is 13.1. The summed E-state index contributed by atoms with van der Waals surface area (Å²) in [4.78, 5) is 0. The molecular formula is C83H70N2O4. The number of phenolic OH excluding ortho intramolecular Hbond substituents is 2. The maximum Gasteiger partial charge on any atom is 0.147 e. The van der Waals surface area contributed by atoms with Crippen LogP contribution in [0.3, 0.4) is 0 Å². The highest BCUT2D eigenvalue weighted by atomic mass is 16.5. The molecule has 0 aliphatic heterocycles. The Balaban J connectivity index is 0.769. The number of para-hydroxylation sites is 2. The van der Waals surface area contributed by atoms with Crippen LogP contribution >= 0.6 is 0 Å². The van der Waals surface area contributed by atoms with Crippen molar-refractivity contribution in [2.75, 3.05) is 0 Å². The van der Waals surface area contributed by atoms with Crippen molar-refractivity contribution < 1.29 is 19.7 Å². The predicted molar refractivity (Wildman–Crippen MR) is 371 cm³/mol. The van der Waals surface area contributed by atoms with Gasteiger partial charge in [0.25, 0.3) is 0 Å². The first-order valence-electron chi connectivity index (χ1n) is 30.8. The number of nitrogens with zero attached hydrogens (tertiary/aromatic N) is 2. The van der Waals surface area contributed by atoms with Crippen molar-refractivity contribution >= 4 is 43.6 Å². The summed E-state index contributed by atoms with van der Waals surface area (Å²) < 4.78 is 18.2. The SMILES string of the molecule is Cc1ccc(-c2ccc3c(c2)c2cc(-c4ccc(C)cc4)ccc2n3-c2cc(C)cc(-c3ccccc3OC(C)C[C@@H](C)Oc3ccccc3-c3cc(C)cc(-n4c5ccc(-c6ccc(C)cc6)cc5c5cc(-c6ccc(C)cc6)ccc54)c3O)c2O)cc1. The zero-order valence-corrected chi connectivity index (χ0v) is 51.6. The maximum absolute atomic E-state index is 12.8. The van der Waals surface area contributed by atoms with Crippen LogP contribution in [0.5, 0.6) is 23.0 Å². The van der Waals surface area contributed by atoms with Crippen LogP contribution in [0.4, 0.5) is 0 Å². The lowest BCUT2D eigenvalue weighted by atomic mass is 9.99. The van der Waals surface area contributed by atoms with Crippen molar-refractivity contribution in [3.05, 3.63) is 276 Å². The summed E-state index contributed by atoms with van der Waals surface area (Å²) >= 11 is 0. The van der Waals surface area contributed by atoms with Crippen molar-refractivity contribution in [3.8, 4) is 101 Å². The molecule has 6 nitrogen and oxygen atoms in total. The predicted octanol–water partition coefficient (Wildman–Crippen LogP) is 21.8. The number of aromatic nitrogens is 2. The van der Waals surface area contributed by atoms with Gasteiger partial charge < -0.3 is 28.8 Å². The lowest BCUT2D eigenvalue weighted by molar-refractivity contribution is 0.131. The van der Waals surface area contributed by atoms with Gasteiger partial charge in [0.15, 0.2) is 0 Å². The minimum atomic E-state index is -0.292. The van der Waals surface area contributed by atoms with E-state index in [0.717, 1.165) is 110 Å². The molecule has 6 heteroatoms. The van der Waals surface area contributed by atoms with E-state index in [1.165, 1.54) is 22.3 Å². The van der Waals surface area contributed by atoms with Crippen LogP contribution in [0, 0.1) is 41.5 Å². The molecule has 0 aliphatic carbocycles. The van der Waals surface area contributed by atoms with Gasteiger partial charge in [0, 0.05) is 50.2 Å². The largest absolute Gasteiger partial charge is 0.505 e. The number of rotatable bonds is 14. The summed E-state index contributed by atoms with van der Waals surface area (Å²) in [7, 11) is 0. The highest BCUT2D eigenvalue weighted by molar-refractivity contribution is 6.13. The Bertz CT molecular complexity index is 4510. The van der Waals surface area contributed by atoms with Crippen LogP contribution in [0.25, 0.3) is 122 Å². The first-order valence-corrected chi connectivity index (χ1v) is 30.8. The zero-order chi connectivity index (χ0) is 61.2. The molecule has 0 aliphatic rings. The van der Waals surface area contributed by atoms with Gasteiger partial charge in [-0.15, -0.1) is 0 Å². The number of fused-ring (bicyclic) bond motifs is 6. The summed E-state index contributed by atoms with van der Waals surface area (Å²) in [5.41, 5.74) is 24.3. The van der Waals surface area contributed by atoms with Gasteiger partial charge in [-0.2, -0.15) is 0 Å². The van der Waals surface area contributed by atoms with Crippen molar-refractivity contribution in [2.24, 2.45) is 0 Å². The van der Waals surface area contributed by atoms with Gasteiger partial charge in [0.1, 0.15) is 23.0 Å². The number of ether oxygens (including phenoxy) is 2. The monoisotopic (exact) mass is 1160 g/mol. The second-order valence-corrected chi connectivity index (χ2v) is 24.5. The number of hydrogen-bond acceptors (Lipinski definition) is 4. The Morgan fingerprint density at radius 2 is 0.562 bits per heavy atom. The Labute approximate surface area is 520 Å². The summed E-state index contributed by atoms with van der Waals surface area (Å²) in [6.07, 6.45) is -0.0362. The third kappa shape index (κ3) is 10.6. The molecule has 0 saturated heterocycles. The molecule has 14 rings (SSSR count). The summed E-state index contributed by atoms with van der Waals surface area (Å²) in [5, 5.41) is 29.9. The minimum absolute atomic E-state index is 0.164. The maximum atomic E-state index is 12.8. The van der Waals surface area contributed by atoms with Crippen molar-refractivity contribution in [2.45, 2.75) is 74.0 Å². The Kier molecular flexibility index (Phi) is 14.5. The average Bonchev–Trinajstić information content (AvgIpc) is 2.03. The standard InChI is InChI=1S/C83H70N2O4/c1-50-17-25-58(26-18-50)62-33-37-74-68(46-62)69-47-63(59-27-19-51(2)20-28-59)34-38-75(69)84(74)78-43-54(5)41-72(82(78)86)66-13-9-11-15-80(66)88-56(7)45-57(8)89-81-16-12-10-14-67(81)73-42-55(6)44-79(83(73)87)85-76-39-35-64(60-29-21-52(3)22-30-60)48-70(76)71-49-65(36-40-77(71)85)61-31-23-53(4)24-32-61/h9-44,46-49,56-57,86-87H,45H2,1-8H3/t56-,57?/m1/s1. The molecule has 2 N–H and O–H groups in total. The average molecular weight is 1160 g/mol. The third-order valence-corrected chi connectivity index (χ3v) is 17.7. The summed E-state index contributed by atoms with van der Waals surface area (Å²) in [6.45, 7) is 16.8. The molecule has 89 heavy (non-hydrogen) atoms. The molecule has 0 amide bonds. The van der Waals surface area contributed by atoms with E-state index >= 15 is 0 Å². The normalized spacial score (nSPS) is 12.3. The lowest BCUT2D eigenvalue weighted by Gasteiger charge is -2.24. The van der Waals surface area contributed by atoms with Crippen LogP contribution in [0.1, 0.15) is 53.6 Å². The topological polar surface area (TPSA) is 68.8 Å². The van der Waals surface area contributed by atoms with E-state index < -0.39 is 0 Å². The molecule has 0 radical (unpaired) electrons. The van der Waals surface area contributed by atoms with E-state index in [4.69, 9.17) is 9.47 Å². The molecule has 436 valence electrons. The minimum Gasteiger partial charge on any atom is -0.505 e. The van der Waals surface area contributed by atoms with Gasteiger partial charge in [0.2, 0.25) is 0 Å². The molecule has 2 aromatic heterocycles. The molecule has 14 aromatic rings. The van der Waals surface area contributed by atoms with E-state index in [1.54, 1.807) is 0 Å². The van der Waals surface area contributed by atoms with E-state index in [0.29, 0.717) is 40.4 Å². The third-order valence-electron chi connectivity index (χ3n) is 17.7. The van der Waals surface area contributed by atoms with Gasteiger partial charge in [-0.05, 0) is 196 Å². The van der Waals surface area contributed by atoms with E-state index in [1.807, 2.05) is 60.7 Å². The molecule has 1 unspecified atom stereocenters. The Hall–Kier alpha value is -10.6. The number of benzene rings is 12. The fraction of sp³-hybridized carbons (Fsp3) is 0.133. The van der Waals surface area contributed by atoms with Crippen molar-refractivity contribution in [1.82, 2.24) is 9.13 Å². The molecule has 12 aromatic carbocycles. The second-order valence-electron chi connectivity index (χ2n) is 24.5. The molecule has 0 bridgehead atoms. The van der Waals surface area contributed by atoms with Crippen molar-refractivity contribution in [1.29, 1.82) is 0 Å². The highest BCUT2D eigenvalue weighted by Gasteiger charge is 2.25. The molecule has 0 saturated carbocycles. The highest BCUT2D eigenvalue weighted by Crippen LogP contribution is 2.47. The van der Waals surface area contributed by atoms with Crippen LogP contribution in [-0.2, 0) is 0 Å². The Morgan fingerprint density at radius 3 is 0.854 bits per heavy atom. The van der Waals surface area contributed by atoms with Gasteiger partial charge in [0.05, 0.1) is 45.6 Å². The second kappa shape index (κ2) is 22.9. The zero-order valence-electron chi connectivity index (χ0n) is 51.6. The van der Waals surface area contributed by atoms with E-state index in [9.17, 15) is 10.2 Å². The smallest absolute Gasteiger partial charge is 0.147 e. The van der Waals surface area contributed by atoms with Crippen molar-refractivity contribution in [3.63, 3.8) is 0 Å². The number of hydrogen-bond donors (Lipinski definition) is 2. The molecule has 2 heterocycles. The van der Waals surface area contributed by atoms with Crippen LogP contribution in [-0.4, -0.2) is 31.6 Å². The molecule has 2 atom stereocenters. The summed E-state index contributed by atoms with van der Waals surface area (Å²) in [5.74, 6) is 1.65. The van der Waals surface area contributed by atoms with Gasteiger partial charge in [-0.1, -0.05) is 180 Å². The van der Waals surface area contributed by atoms with Crippen LogP contribution < -0.4 is 9.47 Å². The van der Waals surface area contributed by atoms with Gasteiger partial charge in [-0.25, -0.2) is 0 Å². The number of aryl methyl sites for hydroxylation is 6.